The molecule has 100 valence electrons. The van der Waals surface area contributed by atoms with Crippen LogP contribution in [-0.4, -0.2) is 16.0 Å². The molecule has 4 heteroatoms. The third kappa shape index (κ3) is 1.84. The second-order valence-electron chi connectivity index (χ2n) is 5.12. The third-order valence-electron chi connectivity index (χ3n) is 3.77. The molecule has 1 aliphatic carbocycles. The van der Waals surface area contributed by atoms with Gasteiger partial charge in [-0.25, -0.2) is 9.97 Å². The summed E-state index contributed by atoms with van der Waals surface area (Å²) >= 11 is 0. The Hall–Kier alpha value is -2.36. The molecule has 4 nitrogen and oxygen atoms in total. The minimum Gasteiger partial charge on any atom is -0.450 e. The van der Waals surface area contributed by atoms with Gasteiger partial charge in [-0.3, -0.25) is 0 Å². The molecule has 1 atom stereocenters. The summed E-state index contributed by atoms with van der Waals surface area (Å²) in [6, 6.07) is 8.38. The Morgan fingerprint density at radius 2 is 2.10 bits per heavy atom. The van der Waals surface area contributed by atoms with Gasteiger partial charge in [0.15, 0.2) is 11.4 Å². The number of nitrogens with zero attached hydrogens (tertiary/aromatic N) is 2. The molecular formula is C16H15N3O. The van der Waals surface area contributed by atoms with E-state index in [9.17, 15) is 0 Å². The summed E-state index contributed by atoms with van der Waals surface area (Å²) in [4.78, 5) is 8.72. The lowest BCUT2D eigenvalue weighted by molar-refractivity contribution is 0.633. The summed E-state index contributed by atoms with van der Waals surface area (Å²) in [6.07, 6.45) is 9.33. The summed E-state index contributed by atoms with van der Waals surface area (Å²) in [5.74, 6) is 0.798. The molecule has 0 aliphatic heterocycles. The molecule has 0 saturated carbocycles. The van der Waals surface area contributed by atoms with Crippen molar-refractivity contribution in [3.63, 3.8) is 0 Å². The van der Waals surface area contributed by atoms with Crippen LogP contribution < -0.4 is 5.32 Å². The Bertz CT molecular complexity index is 791. The number of anilines is 1. The van der Waals surface area contributed by atoms with Gasteiger partial charge < -0.3 is 9.73 Å². The molecule has 1 unspecified atom stereocenters. The van der Waals surface area contributed by atoms with Gasteiger partial charge in [0.1, 0.15) is 17.4 Å². The predicted octanol–water partition coefficient (Wildman–Crippen LogP) is 3.90. The molecule has 4 rings (SSSR count). The summed E-state index contributed by atoms with van der Waals surface area (Å²) in [6.45, 7) is 0. The fourth-order valence-corrected chi connectivity index (χ4v) is 2.74. The van der Waals surface area contributed by atoms with Crippen LogP contribution in [0.2, 0.25) is 0 Å². The van der Waals surface area contributed by atoms with Crippen LogP contribution in [0.25, 0.3) is 22.1 Å². The molecule has 20 heavy (non-hydrogen) atoms. The number of hydrogen-bond donors (Lipinski definition) is 1. The molecule has 1 aromatic carbocycles. The van der Waals surface area contributed by atoms with Gasteiger partial charge >= 0.3 is 0 Å². The topological polar surface area (TPSA) is 51.0 Å². The van der Waals surface area contributed by atoms with Gasteiger partial charge in [-0.1, -0.05) is 24.3 Å². The zero-order valence-electron chi connectivity index (χ0n) is 11.0. The number of allylic oxidation sites excluding steroid dienone is 1. The van der Waals surface area contributed by atoms with Crippen molar-refractivity contribution >= 4 is 27.9 Å². The summed E-state index contributed by atoms with van der Waals surface area (Å²) in [5.41, 5.74) is 2.49. The molecule has 2 aromatic heterocycles. The fraction of sp³-hybridized carbons (Fsp3) is 0.250. The maximum atomic E-state index is 5.92. The van der Waals surface area contributed by atoms with Crippen LogP contribution in [-0.2, 0) is 0 Å². The van der Waals surface area contributed by atoms with Crippen molar-refractivity contribution in [1.82, 2.24) is 9.97 Å². The van der Waals surface area contributed by atoms with E-state index in [0.717, 1.165) is 47.1 Å². The Balaban J connectivity index is 1.81. The molecule has 0 spiro atoms. The highest BCUT2D eigenvalue weighted by Crippen LogP contribution is 2.31. The first-order valence-electron chi connectivity index (χ1n) is 6.95. The molecule has 0 fully saturated rings. The second-order valence-corrected chi connectivity index (χ2v) is 5.12. The Morgan fingerprint density at radius 3 is 3.00 bits per heavy atom. The van der Waals surface area contributed by atoms with E-state index in [1.807, 2.05) is 24.3 Å². The summed E-state index contributed by atoms with van der Waals surface area (Å²) in [5, 5.41) is 4.53. The lowest BCUT2D eigenvalue weighted by Gasteiger charge is -2.19. The molecule has 1 aliphatic rings. The van der Waals surface area contributed by atoms with Crippen molar-refractivity contribution in [3.05, 3.63) is 42.7 Å². The largest absolute Gasteiger partial charge is 0.450 e. The van der Waals surface area contributed by atoms with Crippen LogP contribution in [0.3, 0.4) is 0 Å². The first-order valence-corrected chi connectivity index (χ1v) is 6.95. The minimum absolute atomic E-state index is 0.423. The molecule has 3 aromatic rings. The third-order valence-corrected chi connectivity index (χ3v) is 3.77. The summed E-state index contributed by atoms with van der Waals surface area (Å²) < 4.78 is 5.92. The molecular weight excluding hydrogens is 250 g/mol. The first-order chi connectivity index (χ1) is 9.92. The van der Waals surface area contributed by atoms with E-state index >= 15 is 0 Å². The zero-order valence-corrected chi connectivity index (χ0v) is 11.0. The standard InChI is InChI=1S/C16H15N3O/c1-2-6-11(7-3-1)19-16-15-14(17-10-18-16)12-8-4-5-9-13(12)20-15/h1-2,4-5,8-11H,3,6-7H2,(H,17,18,19). The van der Waals surface area contributed by atoms with Crippen LogP contribution >= 0.6 is 0 Å². The lowest BCUT2D eigenvalue weighted by atomic mass is 10.0. The van der Waals surface area contributed by atoms with E-state index in [1.54, 1.807) is 6.33 Å². The summed E-state index contributed by atoms with van der Waals surface area (Å²) in [7, 11) is 0. The van der Waals surface area contributed by atoms with Crippen molar-refractivity contribution in [2.24, 2.45) is 0 Å². The Morgan fingerprint density at radius 1 is 1.15 bits per heavy atom. The molecule has 0 radical (unpaired) electrons. The molecule has 0 saturated heterocycles. The quantitative estimate of drug-likeness (QED) is 0.714. The van der Waals surface area contributed by atoms with E-state index in [2.05, 4.69) is 27.4 Å². The van der Waals surface area contributed by atoms with Crippen LogP contribution in [0, 0.1) is 0 Å². The zero-order chi connectivity index (χ0) is 13.4. The number of hydrogen-bond acceptors (Lipinski definition) is 4. The Kier molecular flexibility index (Phi) is 2.66. The van der Waals surface area contributed by atoms with E-state index < -0.39 is 0 Å². The molecule has 0 amide bonds. The van der Waals surface area contributed by atoms with Gasteiger partial charge in [0.2, 0.25) is 0 Å². The molecule has 0 bridgehead atoms. The molecule has 2 heterocycles. The van der Waals surface area contributed by atoms with Crippen molar-refractivity contribution in [2.45, 2.75) is 25.3 Å². The number of aromatic nitrogens is 2. The number of furan rings is 1. The average Bonchev–Trinajstić information content (AvgIpc) is 2.88. The normalized spacial score (nSPS) is 18.7. The maximum Gasteiger partial charge on any atom is 0.196 e. The van der Waals surface area contributed by atoms with E-state index in [4.69, 9.17) is 4.42 Å². The van der Waals surface area contributed by atoms with Gasteiger partial charge in [0, 0.05) is 11.4 Å². The monoisotopic (exact) mass is 265 g/mol. The van der Waals surface area contributed by atoms with Gasteiger partial charge in [-0.2, -0.15) is 0 Å². The highest BCUT2D eigenvalue weighted by Gasteiger charge is 2.16. The smallest absolute Gasteiger partial charge is 0.196 e. The van der Waals surface area contributed by atoms with Crippen LogP contribution in [0.1, 0.15) is 19.3 Å². The van der Waals surface area contributed by atoms with Crippen molar-refractivity contribution < 1.29 is 4.42 Å². The average molecular weight is 265 g/mol. The maximum absolute atomic E-state index is 5.92. The van der Waals surface area contributed by atoms with Crippen molar-refractivity contribution in [2.75, 3.05) is 5.32 Å². The number of nitrogens with one attached hydrogen (secondary N) is 1. The van der Waals surface area contributed by atoms with E-state index in [1.165, 1.54) is 0 Å². The van der Waals surface area contributed by atoms with Gasteiger partial charge in [-0.05, 0) is 31.4 Å². The van der Waals surface area contributed by atoms with Crippen LogP contribution in [0.4, 0.5) is 5.82 Å². The first kappa shape index (κ1) is 11.5. The number of benzene rings is 1. The van der Waals surface area contributed by atoms with Crippen LogP contribution in [0.5, 0.6) is 0 Å². The van der Waals surface area contributed by atoms with E-state index in [0.29, 0.717) is 6.04 Å². The predicted molar refractivity (Wildman–Crippen MR) is 79.7 cm³/mol. The highest BCUT2D eigenvalue weighted by molar-refractivity contribution is 6.05. The SMILES string of the molecule is C1=CCC(Nc2ncnc3c2oc2ccccc23)CC1. The molecule has 1 N–H and O–H groups in total. The second kappa shape index (κ2) is 4.63. The fourth-order valence-electron chi connectivity index (χ4n) is 2.74. The number of fused-ring (bicyclic) bond motifs is 3. The minimum atomic E-state index is 0.423. The van der Waals surface area contributed by atoms with E-state index in [-0.39, 0.29) is 0 Å². The van der Waals surface area contributed by atoms with Gasteiger partial charge in [0.25, 0.3) is 0 Å². The number of rotatable bonds is 2. The lowest BCUT2D eigenvalue weighted by Crippen LogP contribution is -2.21. The van der Waals surface area contributed by atoms with Crippen molar-refractivity contribution in [3.8, 4) is 0 Å². The van der Waals surface area contributed by atoms with Crippen LogP contribution in [0.15, 0.2) is 47.2 Å². The Labute approximate surface area is 116 Å². The van der Waals surface area contributed by atoms with Crippen molar-refractivity contribution in [1.29, 1.82) is 0 Å². The van der Waals surface area contributed by atoms with Gasteiger partial charge in [0.05, 0.1) is 0 Å². The number of para-hydroxylation sites is 1. The highest BCUT2D eigenvalue weighted by atomic mass is 16.3. The van der Waals surface area contributed by atoms with Gasteiger partial charge in [-0.15, -0.1) is 0 Å².